The van der Waals surface area contributed by atoms with Crippen molar-refractivity contribution in [2.24, 2.45) is 0 Å². The van der Waals surface area contributed by atoms with Gasteiger partial charge in [-0.3, -0.25) is 4.79 Å². The molecule has 0 saturated heterocycles. The third-order valence-electron chi connectivity index (χ3n) is 3.51. The first-order valence-corrected chi connectivity index (χ1v) is 7.41. The van der Waals surface area contributed by atoms with Gasteiger partial charge in [0.2, 0.25) is 5.91 Å². The van der Waals surface area contributed by atoms with Crippen molar-refractivity contribution in [3.05, 3.63) is 59.9 Å². The first-order valence-electron chi connectivity index (χ1n) is 7.41. The summed E-state index contributed by atoms with van der Waals surface area (Å²) < 4.78 is 2.03. The maximum atomic E-state index is 12.1. The minimum absolute atomic E-state index is 0. The lowest BCUT2D eigenvalue weighted by molar-refractivity contribution is -0.695. The molecule has 0 spiro atoms. The van der Waals surface area contributed by atoms with Crippen molar-refractivity contribution in [3.8, 4) is 0 Å². The Kier molecular flexibility index (Phi) is 7.25. The number of amides is 1. The summed E-state index contributed by atoms with van der Waals surface area (Å²) in [6.07, 6.45) is 4.48. The van der Waals surface area contributed by atoms with Gasteiger partial charge in [0.05, 0.1) is 6.42 Å². The number of para-hydroxylation sites is 1. The average molecular weight is 363 g/mol. The smallest absolute Gasteiger partial charge is 0.230 e. The van der Waals surface area contributed by atoms with Crippen molar-refractivity contribution >= 4 is 11.6 Å². The number of carbonyl (C=O) groups is 1. The molecule has 1 heterocycles. The van der Waals surface area contributed by atoms with Crippen LogP contribution in [0.1, 0.15) is 37.3 Å². The first kappa shape index (κ1) is 18.4. The highest BCUT2D eigenvalue weighted by atomic mass is 79.9. The van der Waals surface area contributed by atoms with Gasteiger partial charge in [0, 0.05) is 17.8 Å². The Labute approximate surface area is 143 Å². The van der Waals surface area contributed by atoms with Crippen LogP contribution in [0.4, 0.5) is 5.69 Å². The maximum Gasteiger partial charge on any atom is 0.230 e. The summed E-state index contributed by atoms with van der Waals surface area (Å²) in [5.74, 6) is 0.448. The molecule has 2 aromatic rings. The monoisotopic (exact) mass is 362 g/mol. The van der Waals surface area contributed by atoms with Gasteiger partial charge >= 0.3 is 0 Å². The number of hydrogen-bond donors (Lipinski definition) is 1. The van der Waals surface area contributed by atoms with Crippen molar-refractivity contribution in [2.45, 2.75) is 39.7 Å². The molecule has 22 heavy (non-hydrogen) atoms. The average Bonchev–Trinajstić information content (AvgIpc) is 2.47. The van der Waals surface area contributed by atoms with Crippen LogP contribution in [0.2, 0.25) is 0 Å². The van der Waals surface area contributed by atoms with Crippen LogP contribution in [-0.2, 0) is 11.3 Å². The Bertz CT molecular complexity index is 609. The highest BCUT2D eigenvalue weighted by Crippen LogP contribution is 2.23. The zero-order valence-corrected chi connectivity index (χ0v) is 14.9. The van der Waals surface area contributed by atoms with Gasteiger partial charge in [-0.15, -0.1) is 0 Å². The van der Waals surface area contributed by atoms with Crippen LogP contribution in [0.25, 0.3) is 0 Å². The summed E-state index contributed by atoms with van der Waals surface area (Å²) in [6, 6.07) is 12.1. The van der Waals surface area contributed by atoms with Crippen LogP contribution >= 0.6 is 0 Å². The summed E-state index contributed by atoms with van der Waals surface area (Å²) in [6.45, 7) is 7.01. The van der Waals surface area contributed by atoms with E-state index < -0.39 is 0 Å². The molecular weight excluding hydrogens is 340 g/mol. The molecule has 0 radical (unpaired) electrons. The molecule has 118 valence electrons. The Balaban J connectivity index is 0.00000242. The van der Waals surface area contributed by atoms with Crippen LogP contribution in [-0.4, -0.2) is 5.91 Å². The molecule has 0 bridgehead atoms. The van der Waals surface area contributed by atoms with Crippen molar-refractivity contribution in [2.75, 3.05) is 5.32 Å². The summed E-state index contributed by atoms with van der Waals surface area (Å²) in [4.78, 5) is 12.1. The maximum absolute atomic E-state index is 12.1. The van der Waals surface area contributed by atoms with E-state index >= 15 is 0 Å². The first-order chi connectivity index (χ1) is 10.1. The number of halogens is 1. The van der Waals surface area contributed by atoms with Crippen molar-refractivity contribution in [1.82, 2.24) is 0 Å². The van der Waals surface area contributed by atoms with E-state index in [1.807, 2.05) is 47.3 Å². The van der Waals surface area contributed by atoms with E-state index in [1.165, 1.54) is 11.1 Å². The van der Waals surface area contributed by atoms with Crippen LogP contribution in [0, 0.1) is 6.92 Å². The minimum Gasteiger partial charge on any atom is -1.00 e. The summed E-state index contributed by atoms with van der Waals surface area (Å²) in [5, 5.41) is 3.02. The van der Waals surface area contributed by atoms with Crippen molar-refractivity contribution < 1.29 is 26.3 Å². The Morgan fingerprint density at radius 3 is 2.41 bits per heavy atom. The Morgan fingerprint density at radius 1 is 1.14 bits per heavy atom. The van der Waals surface area contributed by atoms with E-state index in [0.717, 1.165) is 5.69 Å². The molecule has 0 atom stereocenters. The van der Waals surface area contributed by atoms with Gasteiger partial charge in [0.1, 0.15) is 0 Å². The van der Waals surface area contributed by atoms with Gasteiger partial charge in [0.15, 0.2) is 18.9 Å². The normalized spacial score (nSPS) is 10.2. The van der Waals surface area contributed by atoms with Crippen LogP contribution in [0.15, 0.2) is 48.8 Å². The summed E-state index contributed by atoms with van der Waals surface area (Å²) in [7, 11) is 0. The number of anilines is 1. The van der Waals surface area contributed by atoms with Crippen LogP contribution in [0.3, 0.4) is 0 Å². The number of carbonyl (C=O) groups excluding carboxylic acids is 1. The highest BCUT2D eigenvalue weighted by Gasteiger charge is 2.10. The Morgan fingerprint density at radius 2 is 1.77 bits per heavy atom. The SMILES string of the molecule is Cc1cc[n+](CCC(=O)Nc2ccccc2C(C)C)cc1.[Br-]. The Hall–Kier alpha value is -1.68. The number of pyridine rings is 1. The van der Waals surface area contributed by atoms with E-state index in [4.69, 9.17) is 0 Å². The molecule has 0 aliphatic rings. The van der Waals surface area contributed by atoms with Gasteiger partial charge in [0.25, 0.3) is 0 Å². The molecule has 0 aliphatic heterocycles. The zero-order valence-electron chi connectivity index (χ0n) is 13.3. The third-order valence-corrected chi connectivity index (χ3v) is 3.51. The van der Waals surface area contributed by atoms with Crippen LogP contribution < -0.4 is 26.9 Å². The molecule has 0 aliphatic carbocycles. The number of benzene rings is 1. The lowest BCUT2D eigenvalue weighted by Crippen LogP contribution is -3.00. The molecule has 1 aromatic heterocycles. The molecule has 1 amide bonds. The van der Waals surface area contributed by atoms with Crippen LogP contribution in [0.5, 0.6) is 0 Å². The van der Waals surface area contributed by atoms with Crippen molar-refractivity contribution in [3.63, 3.8) is 0 Å². The van der Waals surface area contributed by atoms with E-state index in [0.29, 0.717) is 18.9 Å². The number of rotatable bonds is 5. The molecular formula is C18H23BrN2O. The van der Waals surface area contributed by atoms with Gasteiger partial charge in [-0.2, -0.15) is 0 Å². The number of aryl methyl sites for hydroxylation is 2. The standard InChI is InChI=1S/C18H22N2O.BrH/c1-14(2)16-6-4-5-7-17(16)19-18(21)10-13-20-11-8-15(3)9-12-20;/h4-9,11-12,14H,10,13H2,1-3H3;1H. The van der Waals surface area contributed by atoms with Crippen molar-refractivity contribution in [1.29, 1.82) is 0 Å². The molecule has 0 unspecified atom stereocenters. The second kappa shape index (κ2) is 8.69. The zero-order chi connectivity index (χ0) is 15.2. The fraction of sp³-hybridized carbons (Fsp3) is 0.333. The minimum atomic E-state index is 0. The molecule has 0 fully saturated rings. The molecule has 0 saturated carbocycles. The lowest BCUT2D eigenvalue weighted by Gasteiger charge is -2.13. The molecule has 1 aromatic carbocycles. The van der Waals surface area contributed by atoms with E-state index in [-0.39, 0.29) is 22.9 Å². The predicted molar refractivity (Wildman–Crippen MR) is 85.2 cm³/mol. The third kappa shape index (κ3) is 5.26. The number of aromatic nitrogens is 1. The van der Waals surface area contributed by atoms with E-state index in [9.17, 15) is 4.79 Å². The van der Waals surface area contributed by atoms with E-state index in [2.05, 4.69) is 32.2 Å². The second-order valence-corrected chi connectivity index (χ2v) is 5.65. The molecule has 2 rings (SSSR count). The predicted octanol–water partition coefficient (Wildman–Crippen LogP) is 0.439. The van der Waals surface area contributed by atoms with Gasteiger partial charge in [-0.25, -0.2) is 4.57 Å². The topological polar surface area (TPSA) is 33.0 Å². The number of hydrogen-bond acceptors (Lipinski definition) is 1. The fourth-order valence-electron chi connectivity index (χ4n) is 2.24. The largest absolute Gasteiger partial charge is 1.00 e. The van der Waals surface area contributed by atoms with Gasteiger partial charge in [-0.1, -0.05) is 32.0 Å². The van der Waals surface area contributed by atoms with Gasteiger partial charge in [-0.05, 0) is 30.0 Å². The molecule has 4 heteroatoms. The molecule has 1 N–H and O–H groups in total. The highest BCUT2D eigenvalue weighted by molar-refractivity contribution is 5.91. The quantitative estimate of drug-likeness (QED) is 0.769. The molecule has 3 nitrogen and oxygen atoms in total. The summed E-state index contributed by atoms with van der Waals surface area (Å²) >= 11 is 0. The fourth-order valence-corrected chi connectivity index (χ4v) is 2.24. The lowest BCUT2D eigenvalue weighted by atomic mass is 10.0. The van der Waals surface area contributed by atoms with Gasteiger partial charge < -0.3 is 22.3 Å². The number of nitrogens with zero attached hydrogens (tertiary/aromatic N) is 1. The second-order valence-electron chi connectivity index (χ2n) is 5.65. The number of nitrogens with one attached hydrogen (secondary N) is 1. The summed E-state index contributed by atoms with van der Waals surface area (Å²) in [5.41, 5.74) is 3.32. The van der Waals surface area contributed by atoms with E-state index in [1.54, 1.807) is 0 Å².